The fraction of sp³-hybridized carbons (Fsp3) is 0.391. The monoisotopic (exact) mass is 505 g/mol. The topological polar surface area (TPSA) is 105 Å². The van der Waals surface area contributed by atoms with Crippen LogP contribution in [0.5, 0.6) is 0 Å². The Bertz CT molecular complexity index is 1420. The van der Waals surface area contributed by atoms with Crippen LogP contribution in [0.1, 0.15) is 5.56 Å². The van der Waals surface area contributed by atoms with E-state index in [4.69, 9.17) is 0 Å². The number of piperazine rings is 1. The molecule has 4 rings (SSSR count). The summed E-state index contributed by atoms with van der Waals surface area (Å²) in [6.45, 7) is 2.64. The van der Waals surface area contributed by atoms with Crippen LogP contribution in [0.2, 0.25) is 0 Å². The number of hydrogen-bond acceptors (Lipinski definition) is 7. The second-order valence-electron chi connectivity index (χ2n) is 8.70. The molecule has 1 aliphatic rings. The van der Waals surface area contributed by atoms with Gasteiger partial charge in [0, 0.05) is 52.0 Å². The Labute approximate surface area is 203 Å². The van der Waals surface area contributed by atoms with E-state index in [1.807, 2.05) is 11.9 Å². The minimum absolute atomic E-state index is 0.00681. The van der Waals surface area contributed by atoms with Gasteiger partial charge in [0.1, 0.15) is 11.2 Å². The summed E-state index contributed by atoms with van der Waals surface area (Å²) in [7, 11) is 4.87. The molecule has 3 aromatic rings. The molecule has 0 unspecified atom stereocenters. The number of halogens is 3. The normalized spacial score (nSPS) is 14.8. The first kappa shape index (κ1) is 25.2. The Kier molecular flexibility index (Phi) is 6.76. The third-order valence-corrected chi connectivity index (χ3v) is 6.14. The number of anilines is 3. The van der Waals surface area contributed by atoms with Gasteiger partial charge in [0.05, 0.1) is 17.8 Å². The van der Waals surface area contributed by atoms with Crippen molar-refractivity contribution in [2.45, 2.75) is 6.18 Å². The van der Waals surface area contributed by atoms with Crippen LogP contribution in [0.4, 0.5) is 30.4 Å². The molecule has 0 saturated carbocycles. The highest BCUT2D eigenvalue weighted by Crippen LogP contribution is 2.30. The van der Waals surface area contributed by atoms with E-state index in [9.17, 15) is 27.6 Å². The van der Waals surface area contributed by atoms with Crippen molar-refractivity contribution in [1.29, 1.82) is 0 Å². The van der Waals surface area contributed by atoms with Crippen LogP contribution in [0.3, 0.4) is 0 Å². The van der Waals surface area contributed by atoms with E-state index in [2.05, 4.69) is 20.5 Å². The molecule has 10 nitrogen and oxygen atoms in total. The summed E-state index contributed by atoms with van der Waals surface area (Å²) in [6.07, 6.45) is -4.54. The zero-order valence-corrected chi connectivity index (χ0v) is 20.0. The predicted octanol–water partition coefficient (Wildman–Crippen LogP) is 1.45. The molecule has 36 heavy (non-hydrogen) atoms. The van der Waals surface area contributed by atoms with Crippen LogP contribution in [0.25, 0.3) is 11.0 Å². The number of likely N-dealkylation sites (N-methyl/N-ethyl adjacent to an activating group) is 1. The molecule has 192 valence electrons. The molecule has 3 heterocycles. The summed E-state index contributed by atoms with van der Waals surface area (Å²) in [5.74, 6) is -0.0679. The number of aryl methyl sites for hydroxylation is 1. The van der Waals surface area contributed by atoms with E-state index in [0.717, 1.165) is 29.8 Å². The fourth-order valence-electron chi connectivity index (χ4n) is 4.03. The highest BCUT2D eigenvalue weighted by atomic mass is 19.4. The number of carbonyl (C=O) groups is 1. The fourth-order valence-corrected chi connectivity index (χ4v) is 4.03. The van der Waals surface area contributed by atoms with Gasteiger partial charge >= 0.3 is 11.9 Å². The summed E-state index contributed by atoms with van der Waals surface area (Å²) in [6, 6.07) is 5.96. The predicted molar refractivity (Wildman–Crippen MR) is 130 cm³/mol. The molecule has 0 atom stereocenters. The molecule has 0 bridgehead atoms. The van der Waals surface area contributed by atoms with Gasteiger partial charge in [-0.25, -0.2) is 9.78 Å². The van der Waals surface area contributed by atoms with Crippen molar-refractivity contribution in [3.63, 3.8) is 0 Å². The third kappa shape index (κ3) is 5.05. The van der Waals surface area contributed by atoms with E-state index in [1.54, 1.807) is 6.07 Å². The van der Waals surface area contributed by atoms with Crippen LogP contribution in [-0.2, 0) is 25.1 Å². The molecule has 1 fully saturated rings. The molecule has 1 saturated heterocycles. The van der Waals surface area contributed by atoms with Gasteiger partial charge in [0.15, 0.2) is 5.65 Å². The van der Waals surface area contributed by atoms with Crippen molar-refractivity contribution in [1.82, 2.24) is 19.0 Å². The number of fused-ring (bicyclic) bond motifs is 1. The minimum Gasteiger partial charge on any atom is -0.375 e. The highest BCUT2D eigenvalue weighted by molar-refractivity contribution is 5.96. The third-order valence-electron chi connectivity index (χ3n) is 6.14. The Morgan fingerprint density at radius 3 is 2.39 bits per heavy atom. The van der Waals surface area contributed by atoms with Crippen LogP contribution in [0.15, 0.2) is 39.9 Å². The second kappa shape index (κ2) is 9.64. The van der Waals surface area contributed by atoms with Gasteiger partial charge in [-0.15, -0.1) is 0 Å². The molecule has 1 amide bonds. The van der Waals surface area contributed by atoms with E-state index in [1.165, 1.54) is 30.8 Å². The zero-order valence-electron chi connectivity index (χ0n) is 20.0. The molecule has 1 aromatic carbocycles. The van der Waals surface area contributed by atoms with Crippen LogP contribution < -0.4 is 26.8 Å². The summed E-state index contributed by atoms with van der Waals surface area (Å²) < 4.78 is 41.1. The smallest absolute Gasteiger partial charge is 0.375 e. The van der Waals surface area contributed by atoms with Crippen LogP contribution in [0, 0.1) is 0 Å². The maximum Gasteiger partial charge on any atom is 0.416 e. The van der Waals surface area contributed by atoms with E-state index in [-0.39, 0.29) is 23.3 Å². The molecule has 0 aliphatic carbocycles. The molecule has 2 aromatic heterocycles. The molecule has 0 spiro atoms. The first-order valence-electron chi connectivity index (χ1n) is 11.2. The van der Waals surface area contributed by atoms with Gasteiger partial charge in [-0.2, -0.15) is 13.2 Å². The lowest BCUT2D eigenvalue weighted by Crippen LogP contribution is -2.45. The summed E-state index contributed by atoms with van der Waals surface area (Å²) >= 11 is 0. The SMILES string of the molecule is CN1CCN(c2cc(NCC(=O)Nc3cccc(C(F)(F)F)c3)c3c(=O)n(C)c(=O)n(C)c3n2)CC1. The Balaban J connectivity index is 1.65. The lowest BCUT2D eigenvalue weighted by Gasteiger charge is -2.33. The van der Waals surface area contributed by atoms with Gasteiger partial charge in [-0.1, -0.05) is 6.07 Å². The quantitative estimate of drug-likeness (QED) is 0.541. The number of nitrogens with zero attached hydrogens (tertiary/aromatic N) is 5. The Hall–Kier alpha value is -3.87. The average Bonchev–Trinajstić information content (AvgIpc) is 2.84. The number of nitrogens with one attached hydrogen (secondary N) is 2. The number of amides is 1. The van der Waals surface area contributed by atoms with E-state index < -0.39 is 28.9 Å². The van der Waals surface area contributed by atoms with Crippen molar-refractivity contribution in [2.75, 3.05) is 55.3 Å². The first-order chi connectivity index (χ1) is 17.0. The number of aromatic nitrogens is 3. The maximum absolute atomic E-state index is 13.0. The number of carbonyl (C=O) groups excluding carboxylic acids is 1. The standard InChI is InChI=1S/C23H26F3N7O3/c1-30-7-9-33(10-8-30)17-12-16(19-20(29-17)31(2)22(36)32(3)21(19)35)27-13-18(34)28-15-6-4-5-14(11-15)23(24,25)26/h4-6,11-12H,7-10,13H2,1-3H3,(H,27,29)(H,28,34). The Morgan fingerprint density at radius 2 is 1.72 bits per heavy atom. The van der Waals surface area contributed by atoms with Crippen molar-refractivity contribution in [2.24, 2.45) is 14.1 Å². The van der Waals surface area contributed by atoms with Crippen molar-refractivity contribution < 1.29 is 18.0 Å². The molecular formula is C23H26F3N7O3. The molecule has 13 heteroatoms. The maximum atomic E-state index is 13.0. The zero-order chi connectivity index (χ0) is 26.2. The molecule has 0 radical (unpaired) electrons. The van der Waals surface area contributed by atoms with Crippen molar-refractivity contribution >= 4 is 34.1 Å². The van der Waals surface area contributed by atoms with Crippen LogP contribution >= 0.6 is 0 Å². The largest absolute Gasteiger partial charge is 0.416 e. The number of benzene rings is 1. The average molecular weight is 506 g/mol. The summed E-state index contributed by atoms with van der Waals surface area (Å²) in [4.78, 5) is 46.8. The van der Waals surface area contributed by atoms with E-state index in [0.29, 0.717) is 24.6 Å². The molecule has 2 N–H and O–H groups in total. The second-order valence-corrected chi connectivity index (χ2v) is 8.70. The van der Waals surface area contributed by atoms with Crippen LogP contribution in [-0.4, -0.2) is 64.7 Å². The minimum atomic E-state index is -4.54. The summed E-state index contributed by atoms with van der Waals surface area (Å²) in [5.41, 5.74) is -1.54. The van der Waals surface area contributed by atoms with Gasteiger partial charge < -0.3 is 20.4 Å². The molecular weight excluding hydrogens is 479 g/mol. The van der Waals surface area contributed by atoms with E-state index >= 15 is 0 Å². The van der Waals surface area contributed by atoms with Gasteiger partial charge in [-0.3, -0.25) is 18.7 Å². The number of pyridine rings is 1. The number of hydrogen-bond donors (Lipinski definition) is 2. The van der Waals surface area contributed by atoms with Crippen molar-refractivity contribution in [3.05, 3.63) is 56.7 Å². The number of alkyl halides is 3. The highest BCUT2D eigenvalue weighted by Gasteiger charge is 2.30. The van der Waals surface area contributed by atoms with Crippen molar-refractivity contribution in [3.8, 4) is 0 Å². The Morgan fingerprint density at radius 1 is 1.03 bits per heavy atom. The lowest BCUT2D eigenvalue weighted by molar-refractivity contribution is -0.137. The van der Waals surface area contributed by atoms with Gasteiger partial charge in [-0.05, 0) is 25.2 Å². The molecule has 1 aliphatic heterocycles. The first-order valence-corrected chi connectivity index (χ1v) is 11.2. The lowest BCUT2D eigenvalue weighted by atomic mass is 10.2. The summed E-state index contributed by atoms with van der Waals surface area (Å²) in [5, 5.41) is 5.48. The number of rotatable bonds is 5. The van der Waals surface area contributed by atoms with Gasteiger partial charge in [0.25, 0.3) is 5.56 Å². The van der Waals surface area contributed by atoms with Gasteiger partial charge in [0.2, 0.25) is 5.91 Å².